The zero-order valence-electron chi connectivity index (χ0n) is 14.4. The second-order valence-corrected chi connectivity index (χ2v) is 8.87. The van der Waals surface area contributed by atoms with Crippen molar-refractivity contribution in [3.05, 3.63) is 0 Å². The maximum absolute atomic E-state index is 10.9. The predicted molar refractivity (Wildman–Crippen MR) is 86.6 cm³/mol. The van der Waals surface area contributed by atoms with Crippen molar-refractivity contribution in [1.29, 1.82) is 5.26 Å². The van der Waals surface area contributed by atoms with Gasteiger partial charge in [-0.1, -0.05) is 40.5 Å². The molecule has 2 saturated carbocycles. The third kappa shape index (κ3) is 3.62. The molecule has 0 aromatic rings. The largest absolute Gasteiger partial charge is 0.391 e. The van der Waals surface area contributed by atoms with Crippen molar-refractivity contribution >= 4 is 0 Å². The molecule has 1 N–H and O–H groups in total. The Morgan fingerprint density at radius 2 is 1.57 bits per heavy atom. The SMILES string of the molecule is CC1CCC(C(O)C2(C#N)CCC(C(C)(C)C)CC2)CC1. The quantitative estimate of drug-likeness (QED) is 0.784. The summed E-state index contributed by atoms with van der Waals surface area (Å²) in [5, 5.41) is 20.7. The molecule has 0 radical (unpaired) electrons. The van der Waals surface area contributed by atoms with Gasteiger partial charge < -0.3 is 5.11 Å². The van der Waals surface area contributed by atoms with Gasteiger partial charge in [0.1, 0.15) is 0 Å². The van der Waals surface area contributed by atoms with E-state index >= 15 is 0 Å². The molecule has 21 heavy (non-hydrogen) atoms. The molecule has 0 aliphatic heterocycles. The molecule has 1 atom stereocenters. The highest BCUT2D eigenvalue weighted by molar-refractivity contribution is 5.08. The first kappa shape index (κ1) is 16.8. The van der Waals surface area contributed by atoms with Crippen molar-refractivity contribution in [1.82, 2.24) is 0 Å². The van der Waals surface area contributed by atoms with Crippen LogP contribution in [0.1, 0.15) is 79.1 Å². The number of rotatable bonds is 2. The lowest BCUT2D eigenvalue weighted by Gasteiger charge is -2.45. The predicted octanol–water partition coefficient (Wildman–Crippen LogP) is 4.92. The van der Waals surface area contributed by atoms with Gasteiger partial charge in [-0.2, -0.15) is 5.26 Å². The maximum atomic E-state index is 10.9. The third-order valence-electron chi connectivity index (χ3n) is 6.40. The van der Waals surface area contributed by atoms with Gasteiger partial charge in [0.15, 0.2) is 0 Å². The fourth-order valence-electron chi connectivity index (χ4n) is 4.53. The number of aliphatic hydroxyl groups excluding tert-OH is 1. The number of nitriles is 1. The van der Waals surface area contributed by atoms with Gasteiger partial charge in [0.25, 0.3) is 0 Å². The first-order valence-electron chi connectivity index (χ1n) is 8.88. The second kappa shape index (κ2) is 6.29. The van der Waals surface area contributed by atoms with Gasteiger partial charge in [0, 0.05) is 0 Å². The van der Waals surface area contributed by atoms with Crippen molar-refractivity contribution in [3.8, 4) is 6.07 Å². The van der Waals surface area contributed by atoms with Crippen molar-refractivity contribution in [2.24, 2.45) is 28.6 Å². The zero-order valence-corrected chi connectivity index (χ0v) is 14.4. The van der Waals surface area contributed by atoms with Gasteiger partial charge in [0.2, 0.25) is 0 Å². The lowest BCUT2D eigenvalue weighted by atomic mass is 9.60. The summed E-state index contributed by atoms with van der Waals surface area (Å²) in [5.74, 6) is 1.84. The molecule has 0 heterocycles. The highest BCUT2D eigenvalue weighted by atomic mass is 16.3. The van der Waals surface area contributed by atoms with Crippen LogP contribution in [0.15, 0.2) is 0 Å². The van der Waals surface area contributed by atoms with Gasteiger partial charge in [-0.3, -0.25) is 0 Å². The van der Waals surface area contributed by atoms with E-state index < -0.39 is 11.5 Å². The Hall–Kier alpha value is -0.550. The fraction of sp³-hybridized carbons (Fsp3) is 0.947. The molecule has 2 aliphatic carbocycles. The topological polar surface area (TPSA) is 44.0 Å². The molecule has 2 heteroatoms. The molecule has 0 amide bonds. The average Bonchev–Trinajstić information content (AvgIpc) is 2.46. The van der Waals surface area contributed by atoms with Crippen LogP contribution in [0.25, 0.3) is 0 Å². The van der Waals surface area contributed by atoms with Crippen LogP contribution in [0.3, 0.4) is 0 Å². The molecule has 0 aromatic carbocycles. The number of aliphatic hydroxyl groups is 1. The smallest absolute Gasteiger partial charge is 0.0835 e. The molecule has 2 rings (SSSR count). The first-order valence-corrected chi connectivity index (χ1v) is 8.88. The Balaban J connectivity index is 2.01. The summed E-state index contributed by atoms with van der Waals surface area (Å²) in [5.41, 5.74) is -0.139. The molecule has 0 aromatic heterocycles. The van der Waals surface area contributed by atoms with E-state index in [0.717, 1.165) is 44.4 Å². The van der Waals surface area contributed by atoms with Crippen molar-refractivity contribution < 1.29 is 5.11 Å². The second-order valence-electron chi connectivity index (χ2n) is 8.87. The maximum Gasteiger partial charge on any atom is 0.0835 e. The Bertz CT molecular complexity index is 373. The summed E-state index contributed by atoms with van der Waals surface area (Å²) >= 11 is 0. The molecular formula is C19H33NO. The van der Waals surface area contributed by atoms with Crippen LogP contribution < -0.4 is 0 Å². The van der Waals surface area contributed by atoms with E-state index in [9.17, 15) is 10.4 Å². The van der Waals surface area contributed by atoms with Gasteiger partial charge in [-0.05, 0) is 61.7 Å². The van der Waals surface area contributed by atoms with Crippen LogP contribution in [0.5, 0.6) is 0 Å². The number of hydrogen-bond donors (Lipinski definition) is 1. The van der Waals surface area contributed by atoms with Crippen LogP contribution in [-0.2, 0) is 0 Å². The standard InChI is InChI=1S/C19H33NO/c1-14-5-7-15(8-6-14)17(21)19(13-20)11-9-16(10-12-19)18(2,3)4/h14-17,21H,5-12H2,1-4H3. The van der Waals surface area contributed by atoms with E-state index in [-0.39, 0.29) is 0 Å². The molecule has 0 saturated heterocycles. The van der Waals surface area contributed by atoms with E-state index in [2.05, 4.69) is 33.8 Å². The molecule has 0 bridgehead atoms. The summed E-state index contributed by atoms with van der Waals surface area (Å²) in [6.45, 7) is 9.21. The third-order valence-corrected chi connectivity index (χ3v) is 6.40. The molecule has 1 unspecified atom stereocenters. The highest BCUT2D eigenvalue weighted by Crippen LogP contribution is 2.49. The minimum atomic E-state index is -0.465. The Labute approximate surface area is 130 Å². The Kier molecular flexibility index (Phi) is 5.03. The molecule has 2 fully saturated rings. The Morgan fingerprint density at radius 1 is 1.05 bits per heavy atom. The van der Waals surface area contributed by atoms with Crippen molar-refractivity contribution in [2.45, 2.75) is 85.2 Å². The van der Waals surface area contributed by atoms with Gasteiger partial charge in [0.05, 0.1) is 17.6 Å². The molecule has 120 valence electrons. The highest BCUT2D eigenvalue weighted by Gasteiger charge is 2.46. The van der Waals surface area contributed by atoms with Crippen LogP contribution in [0.2, 0.25) is 0 Å². The first-order chi connectivity index (χ1) is 9.78. The lowest BCUT2D eigenvalue weighted by Crippen LogP contribution is -2.44. The van der Waals surface area contributed by atoms with Gasteiger partial charge in [-0.15, -0.1) is 0 Å². The van der Waals surface area contributed by atoms with E-state index in [1.165, 1.54) is 12.8 Å². The molecule has 2 aliphatic rings. The molecule has 2 nitrogen and oxygen atoms in total. The number of nitrogens with zero attached hydrogens (tertiary/aromatic N) is 1. The van der Waals surface area contributed by atoms with Gasteiger partial charge >= 0.3 is 0 Å². The minimum Gasteiger partial charge on any atom is -0.391 e. The monoisotopic (exact) mass is 291 g/mol. The van der Waals surface area contributed by atoms with Crippen molar-refractivity contribution in [3.63, 3.8) is 0 Å². The van der Waals surface area contributed by atoms with Crippen LogP contribution in [0.4, 0.5) is 0 Å². The fourth-order valence-corrected chi connectivity index (χ4v) is 4.53. The van der Waals surface area contributed by atoms with Gasteiger partial charge in [-0.25, -0.2) is 0 Å². The van der Waals surface area contributed by atoms with Crippen LogP contribution in [0, 0.1) is 39.9 Å². The molecule has 0 spiro atoms. The normalized spacial score (nSPS) is 39.5. The lowest BCUT2D eigenvalue weighted by molar-refractivity contribution is -0.0380. The Morgan fingerprint density at radius 3 is 2.00 bits per heavy atom. The molecular weight excluding hydrogens is 258 g/mol. The van der Waals surface area contributed by atoms with E-state index in [4.69, 9.17) is 0 Å². The van der Waals surface area contributed by atoms with E-state index in [1.54, 1.807) is 0 Å². The van der Waals surface area contributed by atoms with Crippen LogP contribution in [-0.4, -0.2) is 11.2 Å². The zero-order chi connectivity index (χ0) is 15.7. The minimum absolute atomic E-state index is 0.326. The summed E-state index contributed by atoms with van der Waals surface area (Å²) in [6.07, 6.45) is 8.20. The van der Waals surface area contributed by atoms with E-state index in [0.29, 0.717) is 17.3 Å². The summed E-state index contributed by atoms with van der Waals surface area (Å²) in [6, 6.07) is 2.55. The summed E-state index contributed by atoms with van der Waals surface area (Å²) in [7, 11) is 0. The van der Waals surface area contributed by atoms with E-state index in [1.807, 2.05) is 0 Å². The van der Waals surface area contributed by atoms with Crippen molar-refractivity contribution in [2.75, 3.05) is 0 Å². The van der Waals surface area contributed by atoms with Crippen LogP contribution >= 0.6 is 0 Å². The summed E-state index contributed by atoms with van der Waals surface area (Å²) in [4.78, 5) is 0. The average molecular weight is 291 g/mol. The number of hydrogen-bond acceptors (Lipinski definition) is 2. The summed E-state index contributed by atoms with van der Waals surface area (Å²) < 4.78 is 0.